The van der Waals surface area contributed by atoms with Crippen LogP contribution in [0.15, 0.2) is 54.6 Å². The van der Waals surface area contributed by atoms with Gasteiger partial charge in [0.2, 0.25) is 0 Å². The summed E-state index contributed by atoms with van der Waals surface area (Å²) in [7, 11) is 1.64. The van der Waals surface area contributed by atoms with Gasteiger partial charge in [0.05, 0.1) is 22.7 Å². The zero-order valence-electron chi connectivity index (χ0n) is 20.0. The van der Waals surface area contributed by atoms with Crippen LogP contribution in [0.4, 0.5) is 0 Å². The maximum atomic E-state index is 13.4. The van der Waals surface area contributed by atoms with E-state index in [2.05, 4.69) is 26.0 Å². The van der Waals surface area contributed by atoms with Crippen LogP contribution in [0.1, 0.15) is 60.0 Å². The molecule has 3 aromatic rings. The van der Waals surface area contributed by atoms with E-state index in [1.54, 1.807) is 25.3 Å². The van der Waals surface area contributed by atoms with Gasteiger partial charge >= 0.3 is 0 Å². The van der Waals surface area contributed by atoms with E-state index in [9.17, 15) is 4.79 Å². The van der Waals surface area contributed by atoms with Crippen LogP contribution < -0.4 is 9.47 Å². The molecule has 1 aliphatic rings. The number of benzene rings is 3. The molecule has 0 atom stereocenters. The molecule has 0 bridgehead atoms. The van der Waals surface area contributed by atoms with Crippen LogP contribution in [0.5, 0.6) is 17.2 Å². The fourth-order valence-electron chi connectivity index (χ4n) is 4.46. The number of ether oxygens (including phenoxy) is 2. The van der Waals surface area contributed by atoms with Gasteiger partial charge in [0, 0.05) is 23.7 Å². The van der Waals surface area contributed by atoms with Crippen molar-refractivity contribution >= 4 is 40.7 Å². The third-order valence-electron chi connectivity index (χ3n) is 6.45. The highest BCUT2D eigenvalue weighted by Crippen LogP contribution is 2.41. The highest BCUT2D eigenvalue weighted by molar-refractivity contribution is 6.39. The number of likely N-dealkylation sites (tertiary alicyclic amines) is 1. The molecule has 4 rings (SSSR count). The summed E-state index contributed by atoms with van der Waals surface area (Å²) in [4.78, 5) is 15.2. The standard InChI is InChI=1S/C28H28Cl3NO3/c1-17(2)23-16-21(8-11-25(23)34-3)35-27-24(30)10-9-22(26(27)31)28(33)32-14-12-19(13-15-32)18-4-6-20(29)7-5-18/h4-11,16-17,19H,12-15H2,1-3H3. The first kappa shape index (κ1) is 25.7. The molecular weight excluding hydrogens is 505 g/mol. The molecule has 0 aromatic heterocycles. The van der Waals surface area contributed by atoms with Gasteiger partial charge in [0.25, 0.3) is 5.91 Å². The summed E-state index contributed by atoms with van der Waals surface area (Å²) in [5.74, 6) is 2.16. The van der Waals surface area contributed by atoms with Gasteiger partial charge in [-0.2, -0.15) is 0 Å². The molecule has 7 heteroatoms. The fourth-order valence-corrected chi connectivity index (χ4v) is 5.11. The molecule has 3 aromatic carbocycles. The van der Waals surface area contributed by atoms with E-state index in [1.807, 2.05) is 29.2 Å². The molecule has 1 aliphatic heterocycles. The lowest BCUT2D eigenvalue weighted by atomic mass is 9.89. The topological polar surface area (TPSA) is 38.8 Å². The van der Waals surface area contributed by atoms with Crippen molar-refractivity contribution in [1.29, 1.82) is 0 Å². The number of hydrogen-bond donors (Lipinski definition) is 0. The number of methoxy groups -OCH3 is 1. The average molecular weight is 533 g/mol. The molecule has 1 fully saturated rings. The zero-order chi connectivity index (χ0) is 25.1. The van der Waals surface area contributed by atoms with Gasteiger partial charge in [-0.15, -0.1) is 0 Å². The lowest BCUT2D eigenvalue weighted by Gasteiger charge is -2.32. The Labute approximate surface area is 221 Å². The lowest BCUT2D eigenvalue weighted by molar-refractivity contribution is 0.0713. The van der Waals surface area contributed by atoms with Gasteiger partial charge in [-0.25, -0.2) is 0 Å². The summed E-state index contributed by atoms with van der Waals surface area (Å²) in [5, 5.41) is 1.28. The Hall–Kier alpha value is -2.40. The predicted molar refractivity (Wildman–Crippen MR) is 143 cm³/mol. The summed E-state index contributed by atoms with van der Waals surface area (Å²) in [6.45, 7) is 5.46. The molecule has 1 heterocycles. The summed E-state index contributed by atoms with van der Waals surface area (Å²) >= 11 is 19.1. The Morgan fingerprint density at radius 3 is 2.29 bits per heavy atom. The Morgan fingerprint density at radius 2 is 1.66 bits per heavy atom. The fraction of sp³-hybridized carbons (Fsp3) is 0.321. The molecule has 4 nitrogen and oxygen atoms in total. The quantitative estimate of drug-likeness (QED) is 0.319. The van der Waals surface area contributed by atoms with Crippen LogP contribution in [-0.2, 0) is 0 Å². The summed E-state index contributed by atoms with van der Waals surface area (Å²) in [6.07, 6.45) is 1.76. The van der Waals surface area contributed by atoms with Crippen LogP contribution in [0.2, 0.25) is 15.1 Å². The van der Waals surface area contributed by atoms with E-state index in [4.69, 9.17) is 44.3 Å². The maximum Gasteiger partial charge on any atom is 0.255 e. The van der Waals surface area contributed by atoms with E-state index >= 15 is 0 Å². The first-order valence-corrected chi connectivity index (χ1v) is 12.8. The second-order valence-electron chi connectivity index (χ2n) is 9.02. The number of rotatable bonds is 6. The number of carbonyl (C=O) groups excluding carboxylic acids is 1. The highest BCUT2D eigenvalue weighted by Gasteiger charge is 2.27. The Kier molecular flexibility index (Phi) is 8.16. The largest absolute Gasteiger partial charge is 0.496 e. The molecule has 1 amide bonds. The number of hydrogen-bond acceptors (Lipinski definition) is 3. The second-order valence-corrected chi connectivity index (χ2v) is 10.2. The molecular formula is C28H28Cl3NO3. The lowest BCUT2D eigenvalue weighted by Crippen LogP contribution is -2.38. The minimum Gasteiger partial charge on any atom is -0.496 e. The zero-order valence-corrected chi connectivity index (χ0v) is 22.3. The first-order chi connectivity index (χ1) is 16.8. The van der Waals surface area contributed by atoms with Crippen molar-refractivity contribution in [2.75, 3.05) is 20.2 Å². The van der Waals surface area contributed by atoms with Gasteiger partial charge in [-0.3, -0.25) is 4.79 Å². The van der Waals surface area contributed by atoms with Crippen LogP contribution in [0, 0.1) is 0 Å². The summed E-state index contributed by atoms with van der Waals surface area (Å²) in [6, 6.07) is 16.8. The van der Waals surface area contributed by atoms with Crippen molar-refractivity contribution < 1.29 is 14.3 Å². The van der Waals surface area contributed by atoms with Crippen molar-refractivity contribution in [3.8, 4) is 17.2 Å². The molecule has 0 N–H and O–H groups in total. The monoisotopic (exact) mass is 531 g/mol. The average Bonchev–Trinajstić information content (AvgIpc) is 2.86. The molecule has 1 saturated heterocycles. The minimum absolute atomic E-state index is 0.122. The highest BCUT2D eigenvalue weighted by atomic mass is 35.5. The van der Waals surface area contributed by atoms with E-state index in [-0.39, 0.29) is 22.6 Å². The molecule has 35 heavy (non-hydrogen) atoms. The van der Waals surface area contributed by atoms with Crippen molar-refractivity contribution in [3.63, 3.8) is 0 Å². The van der Waals surface area contributed by atoms with Gasteiger partial charge in [0.15, 0.2) is 5.75 Å². The number of halogens is 3. The maximum absolute atomic E-state index is 13.4. The number of piperidine rings is 1. The van der Waals surface area contributed by atoms with Crippen molar-refractivity contribution in [3.05, 3.63) is 86.4 Å². The molecule has 0 unspecified atom stereocenters. The summed E-state index contributed by atoms with van der Waals surface area (Å²) in [5.41, 5.74) is 2.64. The van der Waals surface area contributed by atoms with E-state index in [1.165, 1.54) is 5.56 Å². The third-order valence-corrected chi connectivity index (χ3v) is 7.37. The van der Waals surface area contributed by atoms with Crippen LogP contribution >= 0.6 is 34.8 Å². The van der Waals surface area contributed by atoms with Crippen LogP contribution in [0.3, 0.4) is 0 Å². The van der Waals surface area contributed by atoms with Gasteiger partial charge in [0.1, 0.15) is 11.5 Å². The van der Waals surface area contributed by atoms with Gasteiger partial charge < -0.3 is 14.4 Å². The Balaban J connectivity index is 1.51. The van der Waals surface area contributed by atoms with Crippen LogP contribution in [-0.4, -0.2) is 31.0 Å². The second kappa shape index (κ2) is 11.1. The van der Waals surface area contributed by atoms with E-state index in [0.717, 1.165) is 29.2 Å². The molecule has 0 radical (unpaired) electrons. The van der Waals surface area contributed by atoms with Crippen molar-refractivity contribution in [2.45, 2.75) is 38.5 Å². The number of amides is 1. The summed E-state index contributed by atoms with van der Waals surface area (Å²) < 4.78 is 11.5. The van der Waals surface area contributed by atoms with Crippen molar-refractivity contribution in [2.24, 2.45) is 0 Å². The Morgan fingerprint density at radius 1 is 0.971 bits per heavy atom. The third kappa shape index (κ3) is 5.72. The minimum atomic E-state index is -0.122. The smallest absolute Gasteiger partial charge is 0.255 e. The number of carbonyl (C=O) groups is 1. The van der Waals surface area contributed by atoms with E-state index in [0.29, 0.717) is 35.3 Å². The normalized spacial score (nSPS) is 14.3. The Bertz CT molecular complexity index is 1200. The molecule has 0 aliphatic carbocycles. The van der Waals surface area contributed by atoms with Gasteiger partial charge in [-0.1, -0.05) is 60.8 Å². The first-order valence-electron chi connectivity index (χ1n) is 11.7. The number of nitrogens with zero attached hydrogens (tertiary/aromatic N) is 1. The SMILES string of the molecule is COc1ccc(Oc2c(Cl)ccc(C(=O)N3CCC(c4ccc(Cl)cc4)CC3)c2Cl)cc1C(C)C. The molecule has 0 spiro atoms. The van der Waals surface area contributed by atoms with Crippen LogP contribution in [0.25, 0.3) is 0 Å². The predicted octanol–water partition coefficient (Wildman–Crippen LogP) is 8.59. The van der Waals surface area contributed by atoms with Crippen molar-refractivity contribution in [1.82, 2.24) is 4.90 Å². The van der Waals surface area contributed by atoms with Gasteiger partial charge in [-0.05, 0) is 72.7 Å². The molecule has 0 saturated carbocycles. The van der Waals surface area contributed by atoms with E-state index < -0.39 is 0 Å². The molecule has 184 valence electrons.